The molecule has 78 valence electrons. The maximum absolute atomic E-state index is 2.46. The van der Waals surface area contributed by atoms with Crippen molar-refractivity contribution >= 4 is 0 Å². The van der Waals surface area contributed by atoms with Crippen LogP contribution < -0.4 is 0 Å². The first-order valence-electron chi connectivity index (χ1n) is 6.19. The highest BCUT2D eigenvalue weighted by atomic mass is 14.4. The molecule has 0 radical (unpaired) electrons. The minimum absolute atomic E-state index is 0.980. The minimum atomic E-state index is 0.980. The molecule has 1 saturated carbocycles. The normalized spacial score (nSPS) is 40.6. The summed E-state index contributed by atoms with van der Waals surface area (Å²) in [7, 11) is 0. The van der Waals surface area contributed by atoms with Gasteiger partial charge in [-0.25, -0.2) is 0 Å². The molecule has 1 aliphatic carbocycles. The predicted octanol–water partition coefficient (Wildman–Crippen LogP) is 4.49. The Morgan fingerprint density at radius 3 is 2.08 bits per heavy atom. The zero-order chi connectivity index (χ0) is 9.84. The van der Waals surface area contributed by atoms with Crippen LogP contribution in [0.4, 0.5) is 0 Å². The summed E-state index contributed by atoms with van der Waals surface area (Å²) < 4.78 is 0. The van der Waals surface area contributed by atoms with E-state index in [1.54, 1.807) is 0 Å². The molecule has 0 N–H and O–H groups in total. The lowest BCUT2D eigenvalue weighted by Gasteiger charge is -2.38. The molecule has 0 saturated heterocycles. The first-order chi connectivity index (χ1) is 6.19. The molecule has 1 aliphatic rings. The second-order valence-electron chi connectivity index (χ2n) is 5.14. The largest absolute Gasteiger partial charge is 0.0654 e. The lowest BCUT2D eigenvalue weighted by atomic mass is 9.67. The predicted molar refractivity (Wildman–Crippen MR) is 59.7 cm³/mol. The van der Waals surface area contributed by atoms with Gasteiger partial charge in [0, 0.05) is 0 Å². The van der Waals surface area contributed by atoms with Crippen molar-refractivity contribution in [3.8, 4) is 0 Å². The molecule has 0 nitrogen and oxygen atoms in total. The van der Waals surface area contributed by atoms with Gasteiger partial charge in [0.05, 0.1) is 0 Å². The van der Waals surface area contributed by atoms with Crippen LogP contribution in [0.5, 0.6) is 0 Å². The van der Waals surface area contributed by atoms with Crippen molar-refractivity contribution in [3.63, 3.8) is 0 Å². The quantitative estimate of drug-likeness (QED) is 0.603. The Bertz CT molecular complexity index is 139. The number of rotatable bonds is 3. The van der Waals surface area contributed by atoms with Crippen LogP contribution in [0.2, 0.25) is 0 Å². The highest BCUT2D eigenvalue weighted by Gasteiger charge is 2.30. The fourth-order valence-corrected chi connectivity index (χ4v) is 3.17. The maximum atomic E-state index is 2.46. The average Bonchev–Trinajstić information content (AvgIpc) is 2.10. The molecule has 0 aromatic heterocycles. The first kappa shape index (κ1) is 11.1. The molecule has 13 heavy (non-hydrogen) atoms. The molecule has 4 atom stereocenters. The molecular formula is C13H26. The number of hydrogen-bond donors (Lipinski definition) is 0. The first-order valence-corrected chi connectivity index (χ1v) is 6.19. The topological polar surface area (TPSA) is 0 Å². The van der Waals surface area contributed by atoms with Gasteiger partial charge in [0.2, 0.25) is 0 Å². The van der Waals surface area contributed by atoms with Crippen LogP contribution in [0.25, 0.3) is 0 Å². The third-order valence-electron chi connectivity index (χ3n) is 4.14. The van der Waals surface area contributed by atoms with Crippen LogP contribution >= 0.6 is 0 Å². The summed E-state index contributed by atoms with van der Waals surface area (Å²) in [4.78, 5) is 0. The second-order valence-corrected chi connectivity index (χ2v) is 5.14. The van der Waals surface area contributed by atoms with Crippen molar-refractivity contribution in [1.82, 2.24) is 0 Å². The van der Waals surface area contributed by atoms with E-state index in [2.05, 4.69) is 27.7 Å². The average molecular weight is 182 g/mol. The van der Waals surface area contributed by atoms with Crippen molar-refractivity contribution in [1.29, 1.82) is 0 Å². The van der Waals surface area contributed by atoms with Crippen LogP contribution in [0.15, 0.2) is 0 Å². The van der Waals surface area contributed by atoms with Gasteiger partial charge in [-0.1, -0.05) is 47.0 Å². The molecule has 0 aromatic carbocycles. The molecular weight excluding hydrogens is 156 g/mol. The Morgan fingerprint density at radius 2 is 1.54 bits per heavy atom. The Hall–Kier alpha value is 0. The highest BCUT2D eigenvalue weighted by Crippen LogP contribution is 2.40. The van der Waals surface area contributed by atoms with Gasteiger partial charge in [-0.2, -0.15) is 0 Å². The smallest absolute Gasteiger partial charge is 0.0386 e. The summed E-state index contributed by atoms with van der Waals surface area (Å²) in [6, 6.07) is 0. The zero-order valence-electron chi connectivity index (χ0n) is 9.84. The lowest BCUT2D eigenvalue weighted by molar-refractivity contribution is 0.122. The molecule has 0 heteroatoms. The summed E-state index contributed by atoms with van der Waals surface area (Å²) in [5.74, 6) is 4.02. The molecule has 0 aromatic rings. The van der Waals surface area contributed by atoms with Gasteiger partial charge in [-0.05, 0) is 36.5 Å². The van der Waals surface area contributed by atoms with Gasteiger partial charge in [-0.3, -0.25) is 0 Å². The van der Waals surface area contributed by atoms with E-state index in [0.717, 1.165) is 23.7 Å². The van der Waals surface area contributed by atoms with Crippen LogP contribution in [0.1, 0.15) is 59.8 Å². The van der Waals surface area contributed by atoms with E-state index >= 15 is 0 Å². The van der Waals surface area contributed by atoms with E-state index in [1.807, 2.05) is 0 Å². The van der Waals surface area contributed by atoms with Crippen LogP contribution in [-0.2, 0) is 0 Å². The Labute approximate surface area is 84.1 Å². The van der Waals surface area contributed by atoms with Gasteiger partial charge in [0.25, 0.3) is 0 Å². The van der Waals surface area contributed by atoms with Crippen molar-refractivity contribution < 1.29 is 0 Å². The Morgan fingerprint density at radius 1 is 0.923 bits per heavy atom. The zero-order valence-corrected chi connectivity index (χ0v) is 9.84. The van der Waals surface area contributed by atoms with Gasteiger partial charge in [0.15, 0.2) is 0 Å². The summed E-state index contributed by atoms with van der Waals surface area (Å²) >= 11 is 0. The van der Waals surface area contributed by atoms with Gasteiger partial charge >= 0.3 is 0 Å². The Kier molecular flexibility index (Phi) is 4.28. The third-order valence-corrected chi connectivity index (χ3v) is 4.14. The van der Waals surface area contributed by atoms with Crippen LogP contribution in [0.3, 0.4) is 0 Å². The lowest BCUT2D eigenvalue weighted by Crippen LogP contribution is -2.28. The Balaban J connectivity index is 2.48. The third kappa shape index (κ3) is 2.72. The SMILES string of the molecule is CCCC1CC(CC)C(C)CC1C. The van der Waals surface area contributed by atoms with Gasteiger partial charge in [0.1, 0.15) is 0 Å². The molecule has 0 amide bonds. The molecule has 0 bridgehead atoms. The van der Waals surface area contributed by atoms with Crippen molar-refractivity contribution in [2.75, 3.05) is 0 Å². The summed E-state index contributed by atoms with van der Waals surface area (Å²) in [6.45, 7) is 9.60. The summed E-state index contributed by atoms with van der Waals surface area (Å²) in [5, 5.41) is 0. The number of hydrogen-bond acceptors (Lipinski definition) is 0. The molecule has 1 fully saturated rings. The van der Waals surface area contributed by atoms with E-state index in [0.29, 0.717) is 0 Å². The fourth-order valence-electron chi connectivity index (χ4n) is 3.17. The van der Waals surface area contributed by atoms with Crippen molar-refractivity contribution in [2.24, 2.45) is 23.7 Å². The molecule has 1 rings (SSSR count). The van der Waals surface area contributed by atoms with Crippen molar-refractivity contribution in [2.45, 2.75) is 59.8 Å². The van der Waals surface area contributed by atoms with E-state index in [-0.39, 0.29) is 0 Å². The van der Waals surface area contributed by atoms with Crippen molar-refractivity contribution in [3.05, 3.63) is 0 Å². The van der Waals surface area contributed by atoms with E-state index in [1.165, 1.54) is 32.1 Å². The van der Waals surface area contributed by atoms with E-state index in [9.17, 15) is 0 Å². The second kappa shape index (κ2) is 5.02. The molecule has 0 heterocycles. The monoisotopic (exact) mass is 182 g/mol. The molecule has 0 aliphatic heterocycles. The highest BCUT2D eigenvalue weighted by molar-refractivity contribution is 4.81. The van der Waals surface area contributed by atoms with Crippen LogP contribution in [0, 0.1) is 23.7 Å². The van der Waals surface area contributed by atoms with E-state index in [4.69, 9.17) is 0 Å². The van der Waals surface area contributed by atoms with Crippen LogP contribution in [-0.4, -0.2) is 0 Å². The molecule has 0 spiro atoms. The summed E-state index contributed by atoms with van der Waals surface area (Å²) in [5.41, 5.74) is 0. The minimum Gasteiger partial charge on any atom is -0.0654 e. The van der Waals surface area contributed by atoms with Gasteiger partial charge in [-0.15, -0.1) is 0 Å². The molecule has 4 unspecified atom stereocenters. The maximum Gasteiger partial charge on any atom is -0.0386 e. The van der Waals surface area contributed by atoms with Gasteiger partial charge < -0.3 is 0 Å². The standard InChI is InChI=1S/C13H26/c1-5-7-13-9-12(6-2)10(3)8-11(13)4/h10-13H,5-9H2,1-4H3. The fraction of sp³-hybridized carbons (Fsp3) is 1.00. The summed E-state index contributed by atoms with van der Waals surface area (Å²) in [6.07, 6.45) is 7.22. The van der Waals surface area contributed by atoms with E-state index < -0.39 is 0 Å².